The van der Waals surface area contributed by atoms with Crippen LogP contribution in [-0.4, -0.2) is 21.6 Å². The molecule has 0 saturated carbocycles. The predicted octanol–water partition coefficient (Wildman–Crippen LogP) is 4.06. The molecule has 0 saturated heterocycles. The SMILES string of the molecule is CC1(C)CC(OCc2cc(F)c(-c3noc(C(F)(F)F)n3)c(F)c2)=NO1. The average Bonchev–Trinajstić information content (AvgIpc) is 3.11. The van der Waals surface area contributed by atoms with Gasteiger partial charge < -0.3 is 14.1 Å². The van der Waals surface area contributed by atoms with Crippen molar-refractivity contribution in [3.8, 4) is 11.4 Å². The van der Waals surface area contributed by atoms with Gasteiger partial charge in [0.1, 0.15) is 23.8 Å². The second kappa shape index (κ2) is 6.22. The van der Waals surface area contributed by atoms with E-state index in [0.29, 0.717) is 6.42 Å². The van der Waals surface area contributed by atoms with Crippen molar-refractivity contribution in [2.75, 3.05) is 0 Å². The van der Waals surface area contributed by atoms with Crippen LogP contribution in [-0.2, 0) is 22.4 Å². The van der Waals surface area contributed by atoms with E-state index >= 15 is 0 Å². The Bertz CT molecular complexity index is 837. The molecule has 2 heterocycles. The monoisotopic (exact) mass is 377 g/mol. The lowest BCUT2D eigenvalue weighted by molar-refractivity contribution is -0.159. The maximum absolute atomic E-state index is 14.2. The van der Waals surface area contributed by atoms with Crippen molar-refractivity contribution in [3.05, 3.63) is 35.2 Å². The number of rotatable bonds is 3. The zero-order valence-corrected chi connectivity index (χ0v) is 13.5. The lowest BCUT2D eigenvalue weighted by Gasteiger charge is -2.13. The molecule has 2 aromatic rings. The maximum atomic E-state index is 14.2. The highest BCUT2D eigenvalue weighted by atomic mass is 19.4. The highest BCUT2D eigenvalue weighted by Crippen LogP contribution is 2.31. The Balaban J connectivity index is 1.77. The van der Waals surface area contributed by atoms with Crippen molar-refractivity contribution in [1.82, 2.24) is 10.1 Å². The number of hydrogen-bond donors (Lipinski definition) is 0. The second-order valence-electron chi connectivity index (χ2n) is 6.16. The molecule has 1 aliphatic heterocycles. The molecule has 0 amide bonds. The molecule has 26 heavy (non-hydrogen) atoms. The lowest BCUT2D eigenvalue weighted by Crippen LogP contribution is -2.19. The van der Waals surface area contributed by atoms with E-state index in [9.17, 15) is 22.0 Å². The molecule has 0 unspecified atom stereocenters. The largest absolute Gasteiger partial charge is 0.474 e. The minimum Gasteiger partial charge on any atom is -0.474 e. The molecule has 1 aromatic heterocycles. The highest BCUT2D eigenvalue weighted by molar-refractivity contribution is 5.77. The summed E-state index contributed by atoms with van der Waals surface area (Å²) in [4.78, 5) is 8.07. The zero-order chi connectivity index (χ0) is 19.1. The molecule has 11 heteroatoms. The van der Waals surface area contributed by atoms with Gasteiger partial charge in [0.2, 0.25) is 11.7 Å². The van der Waals surface area contributed by atoms with Gasteiger partial charge in [0, 0.05) is 0 Å². The minimum atomic E-state index is -4.91. The van der Waals surface area contributed by atoms with Crippen molar-refractivity contribution in [3.63, 3.8) is 0 Å². The van der Waals surface area contributed by atoms with Gasteiger partial charge in [-0.15, -0.1) is 0 Å². The summed E-state index contributed by atoms with van der Waals surface area (Å²) in [6.07, 6.45) is -4.52. The van der Waals surface area contributed by atoms with Crippen molar-refractivity contribution < 1.29 is 36.0 Å². The second-order valence-corrected chi connectivity index (χ2v) is 6.16. The smallest absolute Gasteiger partial charge is 0.471 e. The molecule has 0 bridgehead atoms. The van der Waals surface area contributed by atoms with Crippen molar-refractivity contribution in [1.29, 1.82) is 0 Å². The van der Waals surface area contributed by atoms with E-state index in [0.717, 1.165) is 12.1 Å². The van der Waals surface area contributed by atoms with Crippen molar-refractivity contribution >= 4 is 5.90 Å². The fourth-order valence-corrected chi connectivity index (χ4v) is 2.21. The first-order valence-electron chi connectivity index (χ1n) is 7.32. The Morgan fingerprint density at radius 3 is 2.35 bits per heavy atom. The molecule has 0 N–H and O–H groups in total. The summed E-state index contributed by atoms with van der Waals surface area (Å²) in [5, 5.41) is 6.68. The summed E-state index contributed by atoms with van der Waals surface area (Å²) < 4.78 is 75.0. The van der Waals surface area contributed by atoms with E-state index in [1.54, 1.807) is 13.8 Å². The van der Waals surface area contributed by atoms with E-state index in [4.69, 9.17) is 9.57 Å². The van der Waals surface area contributed by atoms with Gasteiger partial charge >= 0.3 is 12.1 Å². The maximum Gasteiger partial charge on any atom is 0.471 e. The van der Waals surface area contributed by atoms with Crippen molar-refractivity contribution in [2.24, 2.45) is 5.16 Å². The van der Waals surface area contributed by atoms with E-state index in [2.05, 4.69) is 19.8 Å². The van der Waals surface area contributed by atoms with Crippen LogP contribution in [0.15, 0.2) is 21.8 Å². The summed E-state index contributed by atoms with van der Waals surface area (Å²) in [5.74, 6) is -4.56. The molecule has 140 valence electrons. The molecule has 1 aliphatic rings. The van der Waals surface area contributed by atoms with Gasteiger partial charge in [-0.3, -0.25) is 0 Å². The van der Waals surface area contributed by atoms with Crippen LogP contribution in [0.4, 0.5) is 22.0 Å². The number of ether oxygens (including phenoxy) is 1. The Kier molecular flexibility index (Phi) is 4.32. The molecular formula is C15H12F5N3O3. The molecule has 0 radical (unpaired) electrons. The number of nitrogens with zero attached hydrogens (tertiary/aromatic N) is 3. The van der Waals surface area contributed by atoms with Crippen LogP contribution in [0.25, 0.3) is 11.4 Å². The van der Waals surface area contributed by atoms with Crippen LogP contribution < -0.4 is 0 Å². The summed E-state index contributed by atoms with van der Waals surface area (Å²) in [6.45, 7) is 3.38. The number of benzene rings is 1. The first-order chi connectivity index (χ1) is 12.0. The Hall–Kier alpha value is -2.72. The zero-order valence-electron chi connectivity index (χ0n) is 13.5. The quantitative estimate of drug-likeness (QED) is 0.755. The molecule has 6 nitrogen and oxygen atoms in total. The van der Waals surface area contributed by atoms with Gasteiger partial charge in [0.25, 0.3) is 0 Å². The number of halogens is 5. The Labute approximate surface area is 143 Å². The number of alkyl halides is 3. The lowest BCUT2D eigenvalue weighted by atomic mass is 10.1. The number of aromatic nitrogens is 2. The fourth-order valence-electron chi connectivity index (χ4n) is 2.21. The van der Waals surface area contributed by atoms with Crippen LogP contribution in [0.2, 0.25) is 0 Å². The third kappa shape index (κ3) is 3.75. The van der Waals surface area contributed by atoms with Crippen LogP contribution in [0.3, 0.4) is 0 Å². The molecule has 3 rings (SSSR count). The molecule has 0 fully saturated rings. The van der Waals surface area contributed by atoms with E-state index < -0.39 is 40.7 Å². The number of oxime groups is 1. The number of hydrogen-bond acceptors (Lipinski definition) is 6. The van der Waals surface area contributed by atoms with Gasteiger partial charge in [0.05, 0.1) is 12.0 Å². The third-order valence-corrected chi connectivity index (χ3v) is 3.37. The molecular weight excluding hydrogens is 365 g/mol. The Morgan fingerprint density at radius 2 is 1.85 bits per heavy atom. The summed E-state index contributed by atoms with van der Waals surface area (Å²) in [7, 11) is 0. The van der Waals surface area contributed by atoms with Crippen molar-refractivity contribution in [2.45, 2.75) is 38.7 Å². The third-order valence-electron chi connectivity index (χ3n) is 3.37. The molecule has 0 spiro atoms. The van der Waals surface area contributed by atoms with E-state index in [-0.39, 0.29) is 18.1 Å². The average molecular weight is 377 g/mol. The fraction of sp³-hybridized carbons (Fsp3) is 0.400. The molecule has 0 atom stereocenters. The van der Waals surface area contributed by atoms with Crippen LogP contribution in [0, 0.1) is 11.6 Å². The summed E-state index contributed by atoms with van der Waals surface area (Å²) in [5.41, 5.74) is -1.24. The van der Waals surface area contributed by atoms with Gasteiger partial charge in [0.15, 0.2) is 0 Å². The first-order valence-corrected chi connectivity index (χ1v) is 7.32. The van der Waals surface area contributed by atoms with Gasteiger partial charge in [-0.1, -0.05) is 10.3 Å². The van der Waals surface area contributed by atoms with E-state index in [1.807, 2.05) is 0 Å². The van der Waals surface area contributed by atoms with Gasteiger partial charge in [-0.05, 0) is 31.5 Å². The highest BCUT2D eigenvalue weighted by Gasteiger charge is 2.39. The minimum absolute atomic E-state index is 0.107. The Morgan fingerprint density at radius 1 is 1.19 bits per heavy atom. The first kappa shape index (κ1) is 18.1. The summed E-state index contributed by atoms with van der Waals surface area (Å²) >= 11 is 0. The van der Waals surface area contributed by atoms with E-state index in [1.165, 1.54) is 0 Å². The van der Waals surface area contributed by atoms with Gasteiger partial charge in [-0.2, -0.15) is 18.2 Å². The molecule has 1 aromatic carbocycles. The predicted molar refractivity (Wildman–Crippen MR) is 76.7 cm³/mol. The van der Waals surface area contributed by atoms with Crippen LogP contribution >= 0.6 is 0 Å². The van der Waals surface area contributed by atoms with Crippen LogP contribution in [0.1, 0.15) is 31.7 Å². The normalized spacial score (nSPS) is 16.3. The van der Waals surface area contributed by atoms with Gasteiger partial charge in [-0.25, -0.2) is 8.78 Å². The van der Waals surface area contributed by atoms with Crippen LogP contribution in [0.5, 0.6) is 0 Å². The summed E-state index contributed by atoms with van der Waals surface area (Å²) in [6, 6.07) is 1.81. The topological polar surface area (TPSA) is 69.7 Å². The molecule has 0 aliphatic carbocycles. The standard InChI is InChI=1S/C15H12F5N3O3/c1-14(2)5-10(22-26-14)24-6-7-3-8(16)11(9(17)4-7)12-21-13(25-23-12)15(18,19)20/h3-4H,5-6H2,1-2H3.